The maximum Gasteiger partial charge on any atom is 0.309 e. The zero-order valence-electron chi connectivity index (χ0n) is 11.5. The van der Waals surface area contributed by atoms with Gasteiger partial charge in [-0.25, -0.2) is 0 Å². The van der Waals surface area contributed by atoms with Crippen LogP contribution in [-0.4, -0.2) is 16.1 Å². The van der Waals surface area contributed by atoms with Gasteiger partial charge in [-0.05, 0) is 30.9 Å². The molecule has 1 heterocycles. The zero-order valence-corrected chi connectivity index (χ0v) is 11.5. The van der Waals surface area contributed by atoms with Crippen LogP contribution in [-0.2, 0) is 11.2 Å². The molecule has 0 spiro atoms. The predicted molar refractivity (Wildman–Crippen MR) is 78.6 cm³/mol. The molecule has 1 aromatic heterocycles. The molecule has 104 valence electrons. The first-order chi connectivity index (χ1) is 9.71. The van der Waals surface area contributed by atoms with Crippen LogP contribution in [0.5, 0.6) is 0 Å². The fraction of sp³-hybridized carbons (Fsp3) is 0.412. The standard InChI is InChI=1S/C17H19NO2/c19-16(20)17(9-2-1-3-10-17)12-14-7-4-6-13-8-5-11-18-15(13)14/h4-8,11H,1-3,9-10,12H2,(H,19,20). The van der Waals surface area contributed by atoms with Crippen molar-refractivity contribution in [3.63, 3.8) is 0 Å². The molecule has 0 saturated heterocycles. The third-order valence-electron chi connectivity index (χ3n) is 4.51. The largest absolute Gasteiger partial charge is 0.481 e. The zero-order chi connectivity index (χ0) is 14.0. The molecular weight excluding hydrogens is 250 g/mol. The van der Waals surface area contributed by atoms with E-state index in [9.17, 15) is 9.90 Å². The Morgan fingerprint density at radius 1 is 1.15 bits per heavy atom. The minimum Gasteiger partial charge on any atom is -0.481 e. The van der Waals surface area contributed by atoms with Gasteiger partial charge in [0.1, 0.15) is 0 Å². The van der Waals surface area contributed by atoms with Crippen molar-refractivity contribution < 1.29 is 9.90 Å². The van der Waals surface area contributed by atoms with Gasteiger partial charge in [-0.15, -0.1) is 0 Å². The average molecular weight is 269 g/mol. The lowest BCUT2D eigenvalue weighted by molar-refractivity contribution is -0.151. The van der Waals surface area contributed by atoms with Crippen molar-refractivity contribution in [3.05, 3.63) is 42.1 Å². The highest BCUT2D eigenvalue weighted by atomic mass is 16.4. The Kier molecular flexibility index (Phi) is 3.43. The monoisotopic (exact) mass is 269 g/mol. The van der Waals surface area contributed by atoms with Crippen LogP contribution in [0.2, 0.25) is 0 Å². The molecule has 0 bridgehead atoms. The highest BCUT2D eigenvalue weighted by Crippen LogP contribution is 2.40. The SMILES string of the molecule is O=C(O)C1(Cc2cccc3cccnc23)CCCCC1. The number of hydrogen-bond acceptors (Lipinski definition) is 2. The Bertz CT molecular complexity index is 624. The van der Waals surface area contributed by atoms with E-state index >= 15 is 0 Å². The van der Waals surface area contributed by atoms with Gasteiger partial charge >= 0.3 is 5.97 Å². The van der Waals surface area contributed by atoms with E-state index in [0.717, 1.165) is 48.6 Å². The van der Waals surface area contributed by atoms with Crippen LogP contribution in [0, 0.1) is 5.41 Å². The van der Waals surface area contributed by atoms with E-state index in [2.05, 4.69) is 4.98 Å². The summed E-state index contributed by atoms with van der Waals surface area (Å²) in [5.41, 5.74) is 1.41. The Labute approximate surface area is 118 Å². The van der Waals surface area contributed by atoms with Gasteiger partial charge in [0.15, 0.2) is 0 Å². The molecule has 1 fully saturated rings. The number of rotatable bonds is 3. The molecule has 2 aromatic rings. The van der Waals surface area contributed by atoms with Crippen LogP contribution in [0.4, 0.5) is 0 Å². The van der Waals surface area contributed by atoms with Gasteiger partial charge in [0.25, 0.3) is 0 Å². The molecular formula is C17H19NO2. The molecule has 1 aromatic carbocycles. The maximum absolute atomic E-state index is 11.8. The first-order valence-electron chi connectivity index (χ1n) is 7.27. The predicted octanol–water partition coefficient (Wildman–Crippen LogP) is 3.81. The topological polar surface area (TPSA) is 50.2 Å². The smallest absolute Gasteiger partial charge is 0.309 e. The number of aliphatic carboxylic acids is 1. The third kappa shape index (κ3) is 2.28. The van der Waals surface area contributed by atoms with Crippen molar-refractivity contribution in [1.29, 1.82) is 0 Å². The van der Waals surface area contributed by atoms with Gasteiger partial charge in [0.05, 0.1) is 10.9 Å². The summed E-state index contributed by atoms with van der Waals surface area (Å²) in [5, 5.41) is 10.8. The van der Waals surface area contributed by atoms with E-state index in [1.165, 1.54) is 0 Å². The number of para-hydroxylation sites is 1. The second-order valence-corrected chi connectivity index (χ2v) is 5.82. The first-order valence-corrected chi connectivity index (χ1v) is 7.27. The molecule has 0 unspecified atom stereocenters. The summed E-state index contributed by atoms with van der Waals surface area (Å²) in [5.74, 6) is -0.648. The number of hydrogen-bond donors (Lipinski definition) is 1. The first kappa shape index (κ1) is 13.1. The van der Waals surface area contributed by atoms with E-state index in [1.807, 2.05) is 30.3 Å². The lowest BCUT2D eigenvalue weighted by Crippen LogP contribution is -2.35. The summed E-state index contributed by atoms with van der Waals surface area (Å²) in [7, 11) is 0. The highest BCUT2D eigenvalue weighted by Gasteiger charge is 2.39. The molecule has 20 heavy (non-hydrogen) atoms. The second kappa shape index (κ2) is 5.23. The lowest BCUT2D eigenvalue weighted by atomic mass is 9.70. The van der Waals surface area contributed by atoms with Crippen molar-refractivity contribution in [2.75, 3.05) is 0 Å². The molecule has 3 nitrogen and oxygen atoms in total. The molecule has 3 heteroatoms. The summed E-state index contributed by atoms with van der Waals surface area (Å²) >= 11 is 0. The van der Waals surface area contributed by atoms with E-state index in [1.54, 1.807) is 6.20 Å². The molecule has 0 radical (unpaired) electrons. The van der Waals surface area contributed by atoms with Crippen molar-refractivity contribution >= 4 is 16.9 Å². The summed E-state index contributed by atoms with van der Waals surface area (Å²) in [4.78, 5) is 16.2. The number of aromatic nitrogens is 1. The average Bonchev–Trinajstić information content (AvgIpc) is 2.48. The Balaban J connectivity index is 2.00. The summed E-state index contributed by atoms with van der Waals surface area (Å²) in [6.45, 7) is 0. The van der Waals surface area contributed by atoms with E-state index < -0.39 is 11.4 Å². The van der Waals surface area contributed by atoms with Crippen molar-refractivity contribution in [1.82, 2.24) is 4.98 Å². The van der Waals surface area contributed by atoms with Crippen LogP contribution >= 0.6 is 0 Å². The third-order valence-corrected chi connectivity index (χ3v) is 4.51. The van der Waals surface area contributed by atoms with Gasteiger partial charge in [-0.2, -0.15) is 0 Å². The van der Waals surface area contributed by atoms with E-state index in [4.69, 9.17) is 0 Å². The molecule has 0 atom stereocenters. The van der Waals surface area contributed by atoms with E-state index in [-0.39, 0.29) is 0 Å². The number of carbonyl (C=O) groups is 1. The van der Waals surface area contributed by atoms with Crippen LogP contribution in [0.15, 0.2) is 36.5 Å². The van der Waals surface area contributed by atoms with Crippen molar-refractivity contribution in [2.24, 2.45) is 5.41 Å². The molecule has 0 aliphatic heterocycles. The van der Waals surface area contributed by atoms with Crippen LogP contribution in [0.25, 0.3) is 10.9 Å². The number of fused-ring (bicyclic) bond motifs is 1. The molecule has 0 amide bonds. The number of nitrogens with zero attached hydrogens (tertiary/aromatic N) is 1. The normalized spacial score (nSPS) is 18.0. The number of carboxylic acid groups (broad SMARTS) is 1. The Morgan fingerprint density at radius 2 is 1.90 bits per heavy atom. The molecule has 3 rings (SSSR count). The Morgan fingerprint density at radius 3 is 2.65 bits per heavy atom. The minimum absolute atomic E-state index is 0.593. The number of pyridine rings is 1. The fourth-order valence-corrected chi connectivity index (χ4v) is 3.37. The van der Waals surface area contributed by atoms with Gasteiger partial charge in [0.2, 0.25) is 0 Å². The molecule has 1 saturated carbocycles. The van der Waals surface area contributed by atoms with Gasteiger partial charge in [0, 0.05) is 11.6 Å². The van der Waals surface area contributed by atoms with Gasteiger partial charge in [-0.3, -0.25) is 9.78 Å². The Hall–Kier alpha value is -1.90. The van der Waals surface area contributed by atoms with Crippen molar-refractivity contribution in [3.8, 4) is 0 Å². The number of carboxylic acids is 1. The summed E-state index contributed by atoms with van der Waals surface area (Å²) in [6, 6.07) is 9.99. The fourth-order valence-electron chi connectivity index (χ4n) is 3.37. The lowest BCUT2D eigenvalue weighted by Gasteiger charge is -2.33. The minimum atomic E-state index is -0.648. The highest BCUT2D eigenvalue weighted by molar-refractivity contribution is 5.83. The van der Waals surface area contributed by atoms with Gasteiger partial charge in [-0.1, -0.05) is 43.5 Å². The second-order valence-electron chi connectivity index (χ2n) is 5.82. The van der Waals surface area contributed by atoms with Crippen LogP contribution in [0.1, 0.15) is 37.7 Å². The maximum atomic E-state index is 11.8. The molecule has 1 aliphatic rings. The molecule has 1 N–H and O–H groups in total. The van der Waals surface area contributed by atoms with Crippen LogP contribution in [0.3, 0.4) is 0 Å². The summed E-state index contributed by atoms with van der Waals surface area (Å²) < 4.78 is 0. The molecule has 1 aliphatic carbocycles. The van der Waals surface area contributed by atoms with Gasteiger partial charge < -0.3 is 5.11 Å². The van der Waals surface area contributed by atoms with Crippen LogP contribution < -0.4 is 0 Å². The van der Waals surface area contributed by atoms with E-state index in [0.29, 0.717) is 6.42 Å². The number of benzene rings is 1. The quantitative estimate of drug-likeness (QED) is 0.921. The summed E-state index contributed by atoms with van der Waals surface area (Å²) in [6.07, 6.45) is 7.13. The van der Waals surface area contributed by atoms with Crippen molar-refractivity contribution in [2.45, 2.75) is 38.5 Å².